The highest BCUT2D eigenvalue weighted by atomic mass is 35.5. The fourth-order valence-corrected chi connectivity index (χ4v) is 3.89. The average Bonchev–Trinajstić information content (AvgIpc) is 2.75. The molecule has 0 spiro atoms. The second kappa shape index (κ2) is 9.07. The van der Waals surface area contributed by atoms with E-state index in [1.807, 2.05) is 36.7 Å². The standard InChI is InChI=1S/C23H25ClN4/c24-22-16-27-23(28-19-9-5-2-6-10-19)12-21(22)18-11-20(15-25-14-18)26-13-17-7-3-1-4-8-17/h1,3-4,7-8,11-12,14-16,19,26H,2,5-6,9-10,13H2,(H,27,28). The number of benzene rings is 1. The molecule has 1 aliphatic carbocycles. The highest BCUT2D eigenvalue weighted by Crippen LogP contribution is 2.31. The zero-order chi connectivity index (χ0) is 19.2. The van der Waals surface area contributed by atoms with E-state index < -0.39 is 0 Å². The Morgan fingerprint density at radius 1 is 0.964 bits per heavy atom. The molecular weight excluding hydrogens is 368 g/mol. The van der Waals surface area contributed by atoms with Crippen molar-refractivity contribution in [2.24, 2.45) is 0 Å². The molecule has 4 nitrogen and oxygen atoms in total. The van der Waals surface area contributed by atoms with E-state index in [4.69, 9.17) is 11.6 Å². The number of aromatic nitrogens is 2. The highest BCUT2D eigenvalue weighted by Gasteiger charge is 2.15. The van der Waals surface area contributed by atoms with Crippen LogP contribution in [0.5, 0.6) is 0 Å². The van der Waals surface area contributed by atoms with Crippen LogP contribution in [0.2, 0.25) is 5.02 Å². The Balaban J connectivity index is 1.50. The van der Waals surface area contributed by atoms with Gasteiger partial charge in [-0.1, -0.05) is 61.2 Å². The Bertz CT molecular complexity index is 907. The van der Waals surface area contributed by atoms with E-state index in [1.54, 1.807) is 6.20 Å². The number of nitrogens with one attached hydrogen (secondary N) is 2. The van der Waals surface area contributed by atoms with Crippen LogP contribution in [0.3, 0.4) is 0 Å². The van der Waals surface area contributed by atoms with E-state index in [0.29, 0.717) is 11.1 Å². The maximum Gasteiger partial charge on any atom is 0.126 e. The van der Waals surface area contributed by atoms with E-state index in [1.165, 1.54) is 37.7 Å². The molecule has 2 heterocycles. The maximum atomic E-state index is 6.46. The Kier molecular flexibility index (Phi) is 6.07. The number of hydrogen-bond donors (Lipinski definition) is 2. The summed E-state index contributed by atoms with van der Waals surface area (Å²) in [6.07, 6.45) is 11.7. The van der Waals surface area contributed by atoms with Crippen LogP contribution in [0.4, 0.5) is 11.5 Å². The van der Waals surface area contributed by atoms with Gasteiger partial charge >= 0.3 is 0 Å². The average molecular weight is 393 g/mol. The van der Waals surface area contributed by atoms with Gasteiger partial charge in [0.05, 0.1) is 10.7 Å². The Hall–Kier alpha value is -2.59. The lowest BCUT2D eigenvalue weighted by molar-refractivity contribution is 0.462. The Morgan fingerprint density at radius 3 is 2.61 bits per heavy atom. The Labute approximate surface area is 171 Å². The van der Waals surface area contributed by atoms with E-state index in [-0.39, 0.29) is 0 Å². The summed E-state index contributed by atoms with van der Waals surface area (Å²) in [4.78, 5) is 8.88. The molecule has 0 unspecified atom stereocenters. The van der Waals surface area contributed by atoms with E-state index in [2.05, 4.69) is 38.8 Å². The molecule has 0 radical (unpaired) electrons. The molecular formula is C23H25ClN4. The zero-order valence-corrected chi connectivity index (χ0v) is 16.6. The number of hydrogen-bond acceptors (Lipinski definition) is 4. The third kappa shape index (κ3) is 4.82. The van der Waals surface area contributed by atoms with Gasteiger partial charge in [0.2, 0.25) is 0 Å². The monoisotopic (exact) mass is 392 g/mol. The molecule has 5 heteroatoms. The van der Waals surface area contributed by atoms with Gasteiger partial charge in [0.1, 0.15) is 5.82 Å². The van der Waals surface area contributed by atoms with Crippen molar-refractivity contribution in [1.29, 1.82) is 0 Å². The fraction of sp³-hybridized carbons (Fsp3) is 0.304. The summed E-state index contributed by atoms with van der Waals surface area (Å²) in [6, 6.07) is 15.0. The quantitative estimate of drug-likeness (QED) is 0.527. The molecule has 2 aromatic heterocycles. The van der Waals surface area contributed by atoms with Crippen LogP contribution < -0.4 is 10.6 Å². The van der Waals surface area contributed by atoms with E-state index >= 15 is 0 Å². The smallest absolute Gasteiger partial charge is 0.126 e. The summed E-state index contributed by atoms with van der Waals surface area (Å²) in [5.41, 5.74) is 4.13. The zero-order valence-electron chi connectivity index (χ0n) is 15.9. The molecule has 0 amide bonds. The van der Waals surface area contributed by atoms with E-state index in [9.17, 15) is 0 Å². The van der Waals surface area contributed by atoms with Gasteiger partial charge in [-0.2, -0.15) is 0 Å². The summed E-state index contributed by atoms with van der Waals surface area (Å²) in [5.74, 6) is 0.883. The summed E-state index contributed by atoms with van der Waals surface area (Å²) < 4.78 is 0. The van der Waals surface area contributed by atoms with Gasteiger partial charge in [0, 0.05) is 42.3 Å². The minimum atomic E-state index is 0.507. The van der Waals surface area contributed by atoms with Crippen LogP contribution in [-0.4, -0.2) is 16.0 Å². The second-order valence-corrected chi connectivity index (χ2v) is 7.74. The van der Waals surface area contributed by atoms with Gasteiger partial charge in [-0.25, -0.2) is 4.98 Å². The molecule has 1 aromatic carbocycles. The number of halogens is 1. The van der Waals surface area contributed by atoms with Crippen LogP contribution in [0.15, 0.2) is 61.1 Å². The van der Waals surface area contributed by atoms with Gasteiger partial charge < -0.3 is 10.6 Å². The van der Waals surface area contributed by atoms with Gasteiger partial charge in [-0.15, -0.1) is 0 Å². The molecule has 4 rings (SSSR count). The lowest BCUT2D eigenvalue weighted by Gasteiger charge is -2.23. The normalized spacial score (nSPS) is 14.6. The second-order valence-electron chi connectivity index (χ2n) is 7.33. The van der Waals surface area contributed by atoms with Crippen LogP contribution in [0.25, 0.3) is 11.1 Å². The largest absolute Gasteiger partial charge is 0.380 e. The molecule has 2 N–H and O–H groups in total. The number of anilines is 2. The summed E-state index contributed by atoms with van der Waals surface area (Å²) in [5, 5.41) is 7.64. The van der Waals surface area contributed by atoms with Crippen molar-refractivity contribution in [1.82, 2.24) is 9.97 Å². The van der Waals surface area contributed by atoms with Crippen LogP contribution in [-0.2, 0) is 6.54 Å². The molecule has 1 aliphatic rings. The predicted molar refractivity (Wildman–Crippen MR) is 117 cm³/mol. The number of pyridine rings is 2. The third-order valence-electron chi connectivity index (χ3n) is 5.20. The van der Waals surface area contributed by atoms with Crippen molar-refractivity contribution in [2.45, 2.75) is 44.7 Å². The summed E-state index contributed by atoms with van der Waals surface area (Å²) >= 11 is 6.46. The fourth-order valence-electron chi connectivity index (χ4n) is 3.68. The van der Waals surface area contributed by atoms with Crippen molar-refractivity contribution in [3.05, 3.63) is 71.6 Å². The molecule has 3 aromatic rings. The minimum Gasteiger partial charge on any atom is -0.380 e. The summed E-state index contributed by atoms with van der Waals surface area (Å²) in [6.45, 7) is 0.755. The molecule has 0 saturated heterocycles. The van der Waals surface area contributed by atoms with Crippen LogP contribution in [0, 0.1) is 0 Å². The highest BCUT2D eigenvalue weighted by molar-refractivity contribution is 6.33. The number of rotatable bonds is 6. The molecule has 1 saturated carbocycles. The molecule has 0 aliphatic heterocycles. The predicted octanol–water partition coefficient (Wildman–Crippen LogP) is 6.15. The lowest BCUT2D eigenvalue weighted by Crippen LogP contribution is -2.22. The van der Waals surface area contributed by atoms with Gasteiger partial charge in [-0.05, 0) is 30.5 Å². The first-order valence-electron chi connectivity index (χ1n) is 9.93. The topological polar surface area (TPSA) is 49.8 Å². The van der Waals surface area contributed by atoms with Crippen molar-refractivity contribution in [2.75, 3.05) is 10.6 Å². The third-order valence-corrected chi connectivity index (χ3v) is 5.50. The minimum absolute atomic E-state index is 0.507. The van der Waals surface area contributed by atoms with Gasteiger partial charge in [0.15, 0.2) is 0 Å². The van der Waals surface area contributed by atoms with Gasteiger partial charge in [0.25, 0.3) is 0 Å². The van der Waals surface area contributed by atoms with E-state index in [0.717, 1.165) is 29.2 Å². The summed E-state index contributed by atoms with van der Waals surface area (Å²) in [7, 11) is 0. The molecule has 28 heavy (non-hydrogen) atoms. The molecule has 0 bridgehead atoms. The van der Waals surface area contributed by atoms with Crippen LogP contribution >= 0.6 is 11.6 Å². The molecule has 0 atom stereocenters. The maximum absolute atomic E-state index is 6.46. The van der Waals surface area contributed by atoms with Crippen molar-refractivity contribution in [3.63, 3.8) is 0 Å². The lowest BCUT2D eigenvalue weighted by atomic mass is 9.95. The Morgan fingerprint density at radius 2 is 1.79 bits per heavy atom. The van der Waals surface area contributed by atoms with Gasteiger partial charge in [-0.3, -0.25) is 4.98 Å². The number of nitrogens with zero attached hydrogens (tertiary/aromatic N) is 2. The van der Waals surface area contributed by atoms with Crippen molar-refractivity contribution in [3.8, 4) is 11.1 Å². The first-order chi connectivity index (χ1) is 13.8. The SMILES string of the molecule is Clc1cnc(NC2CCCCC2)cc1-c1cncc(NCc2ccccc2)c1. The molecule has 1 fully saturated rings. The first kappa shape index (κ1) is 18.8. The molecule has 144 valence electrons. The van der Waals surface area contributed by atoms with Crippen molar-refractivity contribution >= 4 is 23.1 Å². The van der Waals surface area contributed by atoms with Crippen molar-refractivity contribution < 1.29 is 0 Å². The van der Waals surface area contributed by atoms with Crippen LogP contribution in [0.1, 0.15) is 37.7 Å². The first-order valence-corrected chi connectivity index (χ1v) is 10.3.